The zero-order chi connectivity index (χ0) is 30.8. The van der Waals surface area contributed by atoms with Crippen LogP contribution in [-0.4, -0.2) is 50.6 Å². The summed E-state index contributed by atoms with van der Waals surface area (Å²) in [5, 5.41) is 0. The first-order valence-electron chi connectivity index (χ1n) is 13.7. The van der Waals surface area contributed by atoms with Gasteiger partial charge < -0.3 is 28.1 Å². The third kappa shape index (κ3) is 7.10. The van der Waals surface area contributed by atoms with E-state index in [0.29, 0.717) is 23.7 Å². The largest absolute Gasteiger partial charge is 0.493 e. The van der Waals surface area contributed by atoms with Crippen LogP contribution >= 0.6 is 0 Å². The maximum Gasteiger partial charge on any atom is 0.263 e. The van der Waals surface area contributed by atoms with Crippen LogP contribution in [0.5, 0.6) is 23.1 Å². The molecule has 0 saturated carbocycles. The number of nitrogens with zero attached hydrogens (tertiary/aromatic N) is 2. The summed E-state index contributed by atoms with van der Waals surface area (Å²) in [5.74, 6) is -0.131. The first-order valence-corrected chi connectivity index (χ1v) is 15.2. The van der Waals surface area contributed by atoms with E-state index in [1.807, 2.05) is 13.8 Å². The van der Waals surface area contributed by atoms with Gasteiger partial charge in [-0.05, 0) is 55.2 Å². The Morgan fingerprint density at radius 3 is 2.35 bits per heavy atom. The average Bonchev–Trinajstić information content (AvgIpc) is 3.62. The van der Waals surface area contributed by atoms with Crippen molar-refractivity contribution in [3.63, 3.8) is 0 Å². The number of methoxy groups -OCH3 is 1. The Morgan fingerprint density at radius 1 is 1.02 bits per heavy atom. The summed E-state index contributed by atoms with van der Waals surface area (Å²) in [7, 11) is -2.63. The molecule has 12 heteroatoms. The van der Waals surface area contributed by atoms with Crippen LogP contribution in [0.1, 0.15) is 40.2 Å². The number of hydrogen-bond acceptors (Lipinski definition) is 10. The Kier molecular flexibility index (Phi) is 8.37. The minimum Gasteiger partial charge on any atom is -0.493 e. The van der Waals surface area contributed by atoms with Crippen LogP contribution in [0.4, 0.5) is 5.82 Å². The SMILES string of the molecule is COc1ccccc1Oc1c(NS(=O)(=O)c2ccc(C(C)(C)C)cc2)nc(-c2ccoc2)nc1OC[C@H]1COC(C)(C)O1. The Hall–Kier alpha value is -4.13. The fourth-order valence-electron chi connectivity index (χ4n) is 4.36. The summed E-state index contributed by atoms with van der Waals surface area (Å²) >= 11 is 0. The zero-order valence-electron chi connectivity index (χ0n) is 24.9. The molecule has 0 amide bonds. The molecule has 11 nitrogen and oxygen atoms in total. The van der Waals surface area contributed by atoms with Crippen molar-refractivity contribution < 1.29 is 36.5 Å². The number of ether oxygens (including phenoxy) is 5. The molecule has 2 aromatic heterocycles. The molecular weight excluding hydrogens is 574 g/mol. The fourth-order valence-corrected chi connectivity index (χ4v) is 5.37. The van der Waals surface area contributed by atoms with Crippen LogP contribution in [0.15, 0.2) is 76.4 Å². The van der Waals surface area contributed by atoms with E-state index in [9.17, 15) is 8.42 Å². The maximum absolute atomic E-state index is 13.7. The van der Waals surface area contributed by atoms with E-state index in [1.54, 1.807) is 54.6 Å². The Bertz CT molecular complexity index is 1660. The standard InChI is InChI=1S/C31H35N3O8S/c1-30(2,3)21-11-13-23(14-12-21)43(35,36)34-28-26(41-25-10-8-7-9-24(25)37-6)29(33-27(32-28)20-15-16-38-17-20)39-18-22-19-40-31(4,5)42-22/h7-17,22H,18-19H2,1-6H3,(H,32,33,34)/t22-/m0/s1. The molecule has 3 heterocycles. The van der Waals surface area contributed by atoms with E-state index in [-0.39, 0.29) is 40.2 Å². The third-order valence-electron chi connectivity index (χ3n) is 6.63. The molecular formula is C31H35N3O8S. The molecule has 1 aliphatic heterocycles. The maximum atomic E-state index is 13.7. The van der Waals surface area contributed by atoms with Crippen LogP contribution in [0.25, 0.3) is 11.4 Å². The molecule has 0 spiro atoms. The second kappa shape index (κ2) is 11.9. The molecule has 228 valence electrons. The molecule has 4 aromatic rings. The van der Waals surface area contributed by atoms with Crippen LogP contribution < -0.4 is 18.9 Å². The molecule has 0 aliphatic carbocycles. The van der Waals surface area contributed by atoms with E-state index in [1.165, 1.54) is 19.6 Å². The zero-order valence-corrected chi connectivity index (χ0v) is 25.7. The molecule has 0 radical (unpaired) electrons. The van der Waals surface area contributed by atoms with Gasteiger partial charge in [-0.2, -0.15) is 4.98 Å². The van der Waals surface area contributed by atoms with Crippen molar-refractivity contribution in [2.75, 3.05) is 25.0 Å². The lowest BCUT2D eigenvalue weighted by Crippen LogP contribution is -2.25. The van der Waals surface area contributed by atoms with E-state index in [2.05, 4.69) is 35.5 Å². The number of furan rings is 1. The molecule has 43 heavy (non-hydrogen) atoms. The quantitative estimate of drug-likeness (QED) is 0.223. The van der Waals surface area contributed by atoms with Crippen molar-refractivity contribution in [2.45, 2.75) is 56.8 Å². The molecule has 1 fully saturated rings. The van der Waals surface area contributed by atoms with Gasteiger partial charge in [-0.3, -0.25) is 4.72 Å². The molecule has 5 rings (SSSR count). The average molecular weight is 610 g/mol. The van der Waals surface area contributed by atoms with Crippen molar-refractivity contribution >= 4 is 15.8 Å². The number of hydrogen-bond donors (Lipinski definition) is 1. The summed E-state index contributed by atoms with van der Waals surface area (Å²) in [6, 6.07) is 15.3. The van der Waals surface area contributed by atoms with E-state index in [0.717, 1.165) is 5.56 Å². The van der Waals surface area contributed by atoms with Gasteiger partial charge in [0.15, 0.2) is 28.9 Å². The number of aromatic nitrogens is 2. The Balaban J connectivity index is 1.59. The van der Waals surface area contributed by atoms with Crippen LogP contribution in [0, 0.1) is 0 Å². The van der Waals surface area contributed by atoms with Gasteiger partial charge in [0.2, 0.25) is 5.75 Å². The van der Waals surface area contributed by atoms with Gasteiger partial charge in [0.1, 0.15) is 19.0 Å². The second-order valence-electron chi connectivity index (χ2n) is 11.4. The molecule has 2 aromatic carbocycles. The van der Waals surface area contributed by atoms with Crippen molar-refractivity contribution in [3.8, 4) is 34.5 Å². The summed E-state index contributed by atoms with van der Waals surface area (Å²) in [6.07, 6.45) is 2.51. The van der Waals surface area contributed by atoms with Crippen LogP contribution in [-0.2, 0) is 24.9 Å². The monoisotopic (exact) mass is 609 g/mol. The number of anilines is 1. The molecule has 0 unspecified atom stereocenters. The highest BCUT2D eigenvalue weighted by Gasteiger charge is 2.34. The lowest BCUT2D eigenvalue weighted by Gasteiger charge is -2.20. The van der Waals surface area contributed by atoms with Gasteiger partial charge >= 0.3 is 0 Å². The summed E-state index contributed by atoms with van der Waals surface area (Å²) < 4.78 is 64.6. The highest BCUT2D eigenvalue weighted by atomic mass is 32.2. The van der Waals surface area contributed by atoms with Crippen molar-refractivity contribution in [1.82, 2.24) is 9.97 Å². The van der Waals surface area contributed by atoms with Gasteiger partial charge in [-0.1, -0.05) is 45.0 Å². The number of benzene rings is 2. The van der Waals surface area contributed by atoms with Gasteiger partial charge in [0.05, 0.1) is 30.4 Å². The third-order valence-corrected chi connectivity index (χ3v) is 7.98. The molecule has 1 N–H and O–H groups in total. The molecule has 1 saturated heterocycles. The number of rotatable bonds is 10. The molecule has 0 bridgehead atoms. The van der Waals surface area contributed by atoms with Gasteiger partial charge in [0, 0.05) is 0 Å². The van der Waals surface area contributed by atoms with Gasteiger partial charge in [0.25, 0.3) is 15.9 Å². The summed E-state index contributed by atoms with van der Waals surface area (Å²) in [5.41, 5.74) is 1.35. The summed E-state index contributed by atoms with van der Waals surface area (Å²) in [4.78, 5) is 9.16. The smallest absolute Gasteiger partial charge is 0.263 e. The highest BCUT2D eigenvalue weighted by Crippen LogP contribution is 2.42. The summed E-state index contributed by atoms with van der Waals surface area (Å²) in [6.45, 7) is 10.1. The fraction of sp³-hybridized carbons (Fsp3) is 0.355. The Labute approximate surface area is 251 Å². The van der Waals surface area contributed by atoms with E-state index >= 15 is 0 Å². The minimum absolute atomic E-state index is 0.0220. The van der Waals surface area contributed by atoms with Crippen LogP contribution in [0.2, 0.25) is 0 Å². The topological polar surface area (TPSA) is 131 Å². The van der Waals surface area contributed by atoms with Crippen molar-refractivity contribution in [1.29, 1.82) is 0 Å². The van der Waals surface area contributed by atoms with E-state index in [4.69, 9.17) is 28.1 Å². The van der Waals surface area contributed by atoms with Gasteiger partial charge in [-0.15, -0.1) is 0 Å². The Morgan fingerprint density at radius 2 is 1.74 bits per heavy atom. The second-order valence-corrected chi connectivity index (χ2v) is 13.1. The molecule has 1 aliphatic rings. The normalized spacial score (nSPS) is 16.6. The number of nitrogens with one attached hydrogen (secondary N) is 1. The van der Waals surface area contributed by atoms with Gasteiger partial charge in [-0.25, -0.2) is 13.4 Å². The predicted octanol–water partition coefficient (Wildman–Crippen LogP) is 6.17. The number of sulfonamides is 1. The molecule has 1 atom stereocenters. The predicted molar refractivity (Wildman–Crippen MR) is 159 cm³/mol. The first kappa shape index (κ1) is 30.3. The number of para-hydroxylation sites is 2. The first-order chi connectivity index (χ1) is 20.3. The lowest BCUT2D eigenvalue weighted by atomic mass is 9.87. The lowest BCUT2D eigenvalue weighted by molar-refractivity contribution is -0.141. The van der Waals surface area contributed by atoms with Crippen molar-refractivity contribution in [3.05, 3.63) is 72.7 Å². The van der Waals surface area contributed by atoms with Crippen molar-refractivity contribution in [2.24, 2.45) is 0 Å². The van der Waals surface area contributed by atoms with E-state index < -0.39 is 21.9 Å². The minimum atomic E-state index is -4.13. The highest BCUT2D eigenvalue weighted by molar-refractivity contribution is 7.92. The van der Waals surface area contributed by atoms with Crippen LogP contribution in [0.3, 0.4) is 0 Å².